The number of rotatable bonds is 3. The molecule has 2 saturated carbocycles. The molecule has 2 bridgehead atoms. The fourth-order valence-electron chi connectivity index (χ4n) is 4.08. The molecule has 3 aliphatic rings. The zero-order chi connectivity index (χ0) is 11.4. The van der Waals surface area contributed by atoms with Gasteiger partial charge in [-0.05, 0) is 49.3 Å². The van der Waals surface area contributed by atoms with Crippen LogP contribution in [0.2, 0.25) is 4.34 Å². The molecule has 1 aliphatic heterocycles. The smallest absolute Gasteiger partial charge is 0.0932 e. The van der Waals surface area contributed by atoms with Crippen molar-refractivity contribution in [3.63, 3.8) is 0 Å². The maximum absolute atomic E-state index is 6.16. The van der Waals surface area contributed by atoms with Crippen LogP contribution in [0.1, 0.15) is 17.7 Å². The lowest BCUT2D eigenvalue weighted by Gasteiger charge is -2.27. The van der Waals surface area contributed by atoms with E-state index < -0.39 is 0 Å². The molecule has 1 N–H and O–H groups in total. The Labute approximate surface area is 110 Å². The zero-order valence-corrected chi connectivity index (χ0v) is 11.1. The van der Waals surface area contributed by atoms with Gasteiger partial charge in [0.2, 0.25) is 0 Å². The molecule has 1 saturated heterocycles. The highest BCUT2D eigenvalue weighted by Gasteiger charge is 2.56. The number of nitrogens with one attached hydrogen (secondary N) is 1. The molecule has 1 aromatic rings. The quantitative estimate of drug-likeness (QED) is 0.911. The van der Waals surface area contributed by atoms with Gasteiger partial charge in [0, 0.05) is 10.9 Å². The van der Waals surface area contributed by atoms with Crippen molar-refractivity contribution in [1.82, 2.24) is 5.32 Å². The monoisotopic (exact) mass is 269 g/mol. The maximum atomic E-state index is 6.16. The SMILES string of the molecule is Clc1ccc(COC2C3CC4CNC2C4C3)s1. The summed E-state index contributed by atoms with van der Waals surface area (Å²) in [5, 5.41) is 3.65. The van der Waals surface area contributed by atoms with Crippen LogP contribution >= 0.6 is 22.9 Å². The Kier molecular flexibility index (Phi) is 2.51. The first-order chi connectivity index (χ1) is 8.31. The molecule has 0 aromatic carbocycles. The minimum Gasteiger partial charge on any atom is -0.371 e. The van der Waals surface area contributed by atoms with Crippen molar-refractivity contribution in [2.45, 2.75) is 31.6 Å². The predicted octanol–water partition coefficient (Wildman–Crippen LogP) is 2.91. The van der Waals surface area contributed by atoms with Crippen LogP contribution < -0.4 is 5.32 Å². The molecule has 5 atom stereocenters. The second-order valence-electron chi connectivity index (χ2n) is 5.57. The van der Waals surface area contributed by atoms with Crippen molar-refractivity contribution < 1.29 is 4.74 Å². The van der Waals surface area contributed by atoms with Crippen LogP contribution in [0.15, 0.2) is 12.1 Å². The number of fused-ring (bicyclic) bond motifs is 1. The Morgan fingerprint density at radius 3 is 3.12 bits per heavy atom. The Hall–Kier alpha value is -0.0900. The molecule has 1 aromatic heterocycles. The maximum Gasteiger partial charge on any atom is 0.0932 e. The van der Waals surface area contributed by atoms with Gasteiger partial charge < -0.3 is 10.1 Å². The summed E-state index contributed by atoms with van der Waals surface area (Å²) >= 11 is 7.56. The lowest BCUT2D eigenvalue weighted by Crippen LogP contribution is -2.39. The van der Waals surface area contributed by atoms with Gasteiger partial charge in [0.15, 0.2) is 0 Å². The van der Waals surface area contributed by atoms with Crippen LogP contribution in [0.4, 0.5) is 0 Å². The summed E-state index contributed by atoms with van der Waals surface area (Å²) in [6.45, 7) is 1.95. The summed E-state index contributed by atoms with van der Waals surface area (Å²) in [4.78, 5) is 1.24. The van der Waals surface area contributed by atoms with E-state index in [0.29, 0.717) is 12.1 Å². The number of thiophene rings is 1. The summed E-state index contributed by atoms with van der Waals surface area (Å²) in [5.41, 5.74) is 0. The number of ether oxygens (including phenoxy) is 1. The molecule has 2 nitrogen and oxygen atoms in total. The normalized spacial score (nSPS) is 42.5. The molecule has 2 heterocycles. The topological polar surface area (TPSA) is 21.3 Å². The molecule has 17 heavy (non-hydrogen) atoms. The van der Waals surface area contributed by atoms with E-state index in [1.54, 1.807) is 11.3 Å². The molecule has 5 unspecified atom stereocenters. The lowest BCUT2D eigenvalue weighted by atomic mass is 9.88. The Morgan fingerprint density at radius 1 is 1.35 bits per heavy atom. The number of hydrogen-bond donors (Lipinski definition) is 1. The van der Waals surface area contributed by atoms with Crippen LogP contribution in [0.3, 0.4) is 0 Å². The van der Waals surface area contributed by atoms with Gasteiger partial charge in [0.05, 0.1) is 17.0 Å². The van der Waals surface area contributed by atoms with E-state index in [0.717, 1.165) is 28.7 Å². The van der Waals surface area contributed by atoms with Gasteiger partial charge >= 0.3 is 0 Å². The van der Waals surface area contributed by atoms with E-state index in [9.17, 15) is 0 Å². The largest absolute Gasteiger partial charge is 0.371 e. The second-order valence-corrected chi connectivity index (χ2v) is 7.37. The molecular weight excluding hydrogens is 254 g/mol. The average Bonchev–Trinajstić information content (AvgIpc) is 2.98. The van der Waals surface area contributed by atoms with Crippen LogP contribution in [-0.4, -0.2) is 18.7 Å². The van der Waals surface area contributed by atoms with Crippen molar-refractivity contribution in [1.29, 1.82) is 0 Å². The predicted molar refractivity (Wildman–Crippen MR) is 69.4 cm³/mol. The minimum atomic E-state index is 0.444. The van der Waals surface area contributed by atoms with E-state index >= 15 is 0 Å². The van der Waals surface area contributed by atoms with E-state index in [1.807, 2.05) is 6.07 Å². The molecule has 4 rings (SSSR count). The highest BCUT2D eigenvalue weighted by atomic mass is 35.5. The summed E-state index contributed by atoms with van der Waals surface area (Å²) in [7, 11) is 0. The molecule has 0 spiro atoms. The van der Waals surface area contributed by atoms with E-state index in [2.05, 4.69) is 11.4 Å². The lowest BCUT2D eigenvalue weighted by molar-refractivity contribution is -0.00704. The third kappa shape index (κ3) is 1.67. The molecule has 4 heteroatoms. The van der Waals surface area contributed by atoms with Crippen LogP contribution in [0.5, 0.6) is 0 Å². The highest BCUT2D eigenvalue weighted by molar-refractivity contribution is 7.16. The molecule has 3 fully saturated rings. The van der Waals surface area contributed by atoms with Crippen LogP contribution in [0.25, 0.3) is 0 Å². The van der Waals surface area contributed by atoms with Gasteiger partial charge in [0.1, 0.15) is 0 Å². The number of hydrogen-bond acceptors (Lipinski definition) is 3. The summed E-state index contributed by atoms with van der Waals surface area (Å²) in [6.07, 6.45) is 3.21. The first kappa shape index (κ1) is 10.8. The standard InChI is InChI=1S/C13H16ClNOS/c14-11-2-1-9(17-11)6-16-13-7-3-8-5-15-12(13)10(8)4-7/h1-2,7-8,10,12-13,15H,3-6H2. The van der Waals surface area contributed by atoms with Gasteiger partial charge in [-0.1, -0.05) is 11.6 Å². The summed E-state index contributed by atoms with van der Waals surface area (Å²) in [5.74, 6) is 2.65. The summed E-state index contributed by atoms with van der Waals surface area (Å²) in [6, 6.07) is 4.66. The van der Waals surface area contributed by atoms with E-state index in [4.69, 9.17) is 16.3 Å². The van der Waals surface area contributed by atoms with Gasteiger partial charge in [-0.2, -0.15) is 0 Å². The van der Waals surface area contributed by atoms with Gasteiger partial charge in [-0.3, -0.25) is 0 Å². The third-order valence-corrected chi connectivity index (χ3v) is 5.93. The van der Waals surface area contributed by atoms with Gasteiger partial charge in [-0.25, -0.2) is 0 Å². The molecule has 0 radical (unpaired) electrons. The molecule has 2 aliphatic carbocycles. The number of halogens is 1. The van der Waals surface area contributed by atoms with Crippen molar-refractivity contribution in [2.24, 2.45) is 17.8 Å². The first-order valence-electron chi connectivity index (χ1n) is 6.40. The van der Waals surface area contributed by atoms with Crippen LogP contribution in [-0.2, 0) is 11.3 Å². The van der Waals surface area contributed by atoms with Crippen molar-refractivity contribution >= 4 is 22.9 Å². The zero-order valence-electron chi connectivity index (χ0n) is 9.56. The second kappa shape index (κ2) is 3.95. The Bertz CT molecular complexity index is 433. The fourth-order valence-corrected chi connectivity index (χ4v) is 5.09. The Balaban J connectivity index is 1.44. The summed E-state index contributed by atoms with van der Waals surface area (Å²) < 4.78 is 7.01. The van der Waals surface area contributed by atoms with Crippen molar-refractivity contribution in [3.8, 4) is 0 Å². The van der Waals surface area contributed by atoms with E-state index in [-0.39, 0.29) is 0 Å². The first-order valence-corrected chi connectivity index (χ1v) is 7.60. The van der Waals surface area contributed by atoms with Gasteiger partial charge in [0.25, 0.3) is 0 Å². The van der Waals surface area contributed by atoms with Crippen molar-refractivity contribution in [3.05, 3.63) is 21.3 Å². The Morgan fingerprint density at radius 2 is 2.29 bits per heavy atom. The molecule has 92 valence electrons. The average molecular weight is 270 g/mol. The van der Waals surface area contributed by atoms with Crippen molar-refractivity contribution in [2.75, 3.05) is 6.54 Å². The van der Waals surface area contributed by atoms with E-state index in [1.165, 1.54) is 24.3 Å². The molecular formula is C13H16ClNOS. The molecule has 0 amide bonds. The van der Waals surface area contributed by atoms with Gasteiger partial charge in [-0.15, -0.1) is 11.3 Å². The third-order valence-electron chi connectivity index (χ3n) is 4.73. The fraction of sp³-hybridized carbons (Fsp3) is 0.692. The highest BCUT2D eigenvalue weighted by Crippen LogP contribution is 2.52. The van der Waals surface area contributed by atoms with Crippen LogP contribution in [0, 0.1) is 17.8 Å². The minimum absolute atomic E-state index is 0.444.